The van der Waals surface area contributed by atoms with Gasteiger partial charge in [0.25, 0.3) is 5.91 Å². The molecule has 0 aliphatic carbocycles. The van der Waals surface area contributed by atoms with Crippen LogP contribution in [-0.4, -0.2) is 58.9 Å². The second kappa shape index (κ2) is 6.86. The van der Waals surface area contributed by atoms with Crippen molar-refractivity contribution in [3.8, 4) is 0 Å². The summed E-state index contributed by atoms with van der Waals surface area (Å²) in [6.07, 6.45) is 1.76. The highest BCUT2D eigenvalue weighted by Gasteiger charge is 2.29. The fraction of sp³-hybridized carbons (Fsp3) is 0.368. The Kier molecular flexibility index (Phi) is 4.39. The average Bonchev–Trinajstić information content (AvgIpc) is 2.68. The number of fused-ring (bicyclic) bond motifs is 1. The van der Waals surface area contributed by atoms with E-state index in [1.54, 1.807) is 31.3 Å². The van der Waals surface area contributed by atoms with Crippen LogP contribution in [0.1, 0.15) is 23.1 Å². The minimum Gasteiger partial charge on any atom is -0.372 e. The smallest absolute Gasteiger partial charge is 0.256 e. The summed E-state index contributed by atoms with van der Waals surface area (Å²) in [5.41, 5.74) is 1.94. The van der Waals surface area contributed by atoms with Crippen LogP contribution in [0.3, 0.4) is 0 Å². The van der Waals surface area contributed by atoms with Gasteiger partial charge in [0.15, 0.2) is 0 Å². The Balaban J connectivity index is 1.49. The third-order valence-corrected chi connectivity index (χ3v) is 4.96. The highest BCUT2D eigenvalue weighted by Crippen LogP contribution is 2.31. The van der Waals surface area contributed by atoms with Gasteiger partial charge in [-0.15, -0.1) is 0 Å². The topological polar surface area (TPSA) is 90.5 Å². The van der Waals surface area contributed by atoms with Crippen LogP contribution in [0.2, 0.25) is 0 Å². The van der Waals surface area contributed by atoms with E-state index < -0.39 is 0 Å². The van der Waals surface area contributed by atoms with Gasteiger partial charge in [0, 0.05) is 32.4 Å². The zero-order valence-corrected chi connectivity index (χ0v) is 15.4. The van der Waals surface area contributed by atoms with Crippen molar-refractivity contribution in [3.05, 3.63) is 41.9 Å². The highest BCUT2D eigenvalue weighted by molar-refractivity contribution is 6.09. The van der Waals surface area contributed by atoms with Crippen LogP contribution in [-0.2, 0) is 4.79 Å². The third kappa shape index (κ3) is 3.30. The van der Waals surface area contributed by atoms with E-state index in [0.29, 0.717) is 30.0 Å². The summed E-state index contributed by atoms with van der Waals surface area (Å²) in [5, 5.41) is 6.00. The normalized spacial score (nSPS) is 19.2. The molecule has 3 heterocycles. The van der Waals surface area contributed by atoms with Crippen molar-refractivity contribution in [2.45, 2.75) is 19.9 Å². The van der Waals surface area contributed by atoms with Crippen LogP contribution in [0.5, 0.6) is 0 Å². The molecular weight excluding hydrogens is 344 g/mol. The van der Waals surface area contributed by atoms with E-state index in [1.807, 2.05) is 17.9 Å². The van der Waals surface area contributed by atoms with Crippen LogP contribution in [0.15, 0.2) is 30.5 Å². The third-order valence-electron chi connectivity index (χ3n) is 4.96. The number of carbonyl (C=O) groups is 2. The standard InChI is InChI=1S/C19H22N6O2/c1-12-18(26)23-15-5-3-4-14(17(15)21-12)19(27)25-10-8-24(9-11-25)16-6-7-20-13(2)22-16/h3-7,12,21H,8-11H2,1-2H3,(H,23,26). The maximum atomic E-state index is 13.1. The molecule has 4 rings (SSSR count). The van der Waals surface area contributed by atoms with E-state index in [4.69, 9.17) is 0 Å². The summed E-state index contributed by atoms with van der Waals surface area (Å²) >= 11 is 0. The maximum Gasteiger partial charge on any atom is 0.256 e. The molecule has 1 unspecified atom stereocenters. The number of aromatic nitrogens is 2. The van der Waals surface area contributed by atoms with E-state index in [0.717, 1.165) is 24.7 Å². The van der Waals surface area contributed by atoms with Crippen molar-refractivity contribution in [1.82, 2.24) is 14.9 Å². The van der Waals surface area contributed by atoms with E-state index in [2.05, 4.69) is 25.5 Å². The van der Waals surface area contributed by atoms with Gasteiger partial charge in [-0.25, -0.2) is 9.97 Å². The largest absolute Gasteiger partial charge is 0.372 e. The Labute approximate surface area is 157 Å². The fourth-order valence-corrected chi connectivity index (χ4v) is 3.44. The molecule has 1 aromatic heterocycles. The SMILES string of the molecule is Cc1nccc(N2CCN(C(=O)c3cccc4c3NC(C)C(=O)N4)CC2)n1. The van der Waals surface area contributed by atoms with Crippen molar-refractivity contribution in [3.63, 3.8) is 0 Å². The lowest BCUT2D eigenvalue weighted by Gasteiger charge is -2.36. The molecule has 2 amide bonds. The molecule has 1 fully saturated rings. The molecule has 2 N–H and O–H groups in total. The Morgan fingerprint density at radius 1 is 1.19 bits per heavy atom. The lowest BCUT2D eigenvalue weighted by Crippen LogP contribution is -2.49. The average molecular weight is 366 g/mol. The first-order valence-electron chi connectivity index (χ1n) is 9.07. The number of piperazine rings is 1. The number of carbonyl (C=O) groups excluding carboxylic acids is 2. The number of amides is 2. The zero-order valence-electron chi connectivity index (χ0n) is 15.4. The predicted molar refractivity (Wildman–Crippen MR) is 103 cm³/mol. The summed E-state index contributed by atoms with van der Waals surface area (Å²) in [6.45, 7) is 6.33. The minimum atomic E-state index is -0.371. The van der Waals surface area contributed by atoms with Gasteiger partial charge in [-0.2, -0.15) is 0 Å². The lowest BCUT2D eigenvalue weighted by molar-refractivity contribution is -0.116. The van der Waals surface area contributed by atoms with Crippen LogP contribution in [0.4, 0.5) is 17.2 Å². The maximum absolute atomic E-state index is 13.1. The van der Waals surface area contributed by atoms with Gasteiger partial charge in [-0.1, -0.05) is 6.07 Å². The van der Waals surface area contributed by atoms with Gasteiger partial charge in [-0.3, -0.25) is 9.59 Å². The molecule has 2 aliphatic heterocycles. The molecular formula is C19H22N6O2. The van der Waals surface area contributed by atoms with Gasteiger partial charge < -0.3 is 20.4 Å². The first-order valence-corrected chi connectivity index (χ1v) is 9.07. The summed E-state index contributed by atoms with van der Waals surface area (Å²) in [6, 6.07) is 6.93. The zero-order chi connectivity index (χ0) is 19.0. The van der Waals surface area contributed by atoms with Crippen LogP contribution in [0, 0.1) is 6.92 Å². The number of benzene rings is 1. The number of hydrogen-bond donors (Lipinski definition) is 2. The van der Waals surface area contributed by atoms with Crippen LogP contribution >= 0.6 is 0 Å². The van der Waals surface area contributed by atoms with Crippen LogP contribution in [0.25, 0.3) is 0 Å². The molecule has 0 spiro atoms. The molecule has 8 heteroatoms. The molecule has 8 nitrogen and oxygen atoms in total. The highest BCUT2D eigenvalue weighted by atomic mass is 16.2. The van der Waals surface area contributed by atoms with E-state index in [-0.39, 0.29) is 17.9 Å². The fourth-order valence-electron chi connectivity index (χ4n) is 3.44. The van der Waals surface area contributed by atoms with Crippen molar-refractivity contribution < 1.29 is 9.59 Å². The van der Waals surface area contributed by atoms with Gasteiger partial charge >= 0.3 is 0 Å². The van der Waals surface area contributed by atoms with Gasteiger partial charge in [0.1, 0.15) is 17.7 Å². The number of rotatable bonds is 2. The first kappa shape index (κ1) is 17.3. The Morgan fingerprint density at radius 3 is 2.70 bits per heavy atom. The summed E-state index contributed by atoms with van der Waals surface area (Å²) in [4.78, 5) is 37.5. The summed E-state index contributed by atoms with van der Waals surface area (Å²) < 4.78 is 0. The molecule has 1 saturated heterocycles. The van der Waals surface area contributed by atoms with Crippen LogP contribution < -0.4 is 15.5 Å². The Morgan fingerprint density at radius 2 is 1.96 bits per heavy atom. The molecule has 0 radical (unpaired) electrons. The minimum absolute atomic E-state index is 0.0267. The second-order valence-electron chi connectivity index (χ2n) is 6.82. The predicted octanol–water partition coefficient (Wildman–Crippen LogP) is 1.50. The summed E-state index contributed by atoms with van der Waals surface area (Å²) in [7, 11) is 0. The van der Waals surface area contributed by atoms with E-state index in [9.17, 15) is 9.59 Å². The van der Waals surface area contributed by atoms with Crippen molar-refractivity contribution in [2.24, 2.45) is 0 Å². The number of nitrogens with one attached hydrogen (secondary N) is 2. The summed E-state index contributed by atoms with van der Waals surface area (Å²) in [5.74, 6) is 1.51. The molecule has 140 valence electrons. The Hall–Kier alpha value is -3.16. The van der Waals surface area contributed by atoms with Gasteiger partial charge in [0.05, 0.1) is 16.9 Å². The van der Waals surface area contributed by atoms with Crippen molar-refractivity contribution >= 4 is 29.0 Å². The van der Waals surface area contributed by atoms with E-state index >= 15 is 0 Å². The molecule has 2 aromatic rings. The Bertz CT molecular complexity index is 892. The number of aryl methyl sites for hydroxylation is 1. The molecule has 1 aromatic carbocycles. The first-order chi connectivity index (χ1) is 13.0. The number of nitrogens with zero attached hydrogens (tertiary/aromatic N) is 4. The van der Waals surface area contributed by atoms with Crippen molar-refractivity contribution in [2.75, 3.05) is 41.7 Å². The van der Waals surface area contributed by atoms with Crippen molar-refractivity contribution in [1.29, 1.82) is 0 Å². The molecule has 27 heavy (non-hydrogen) atoms. The lowest BCUT2D eigenvalue weighted by atomic mass is 10.1. The number of para-hydroxylation sites is 1. The van der Waals surface area contributed by atoms with E-state index in [1.165, 1.54) is 0 Å². The molecule has 0 saturated carbocycles. The number of anilines is 3. The quantitative estimate of drug-likeness (QED) is 0.837. The van der Waals surface area contributed by atoms with Gasteiger partial charge in [-0.05, 0) is 32.0 Å². The molecule has 1 atom stereocenters. The number of hydrogen-bond acceptors (Lipinski definition) is 6. The molecule has 2 aliphatic rings. The molecule has 0 bridgehead atoms. The van der Waals surface area contributed by atoms with Gasteiger partial charge in [0.2, 0.25) is 5.91 Å². The second-order valence-corrected chi connectivity index (χ2v) is 6.82. The monoisotopic (exact) mass is 366 g/mol.